The van der Waals surface area contributed by atoms with Gasteiger partial charge in [-0.3, -0.25) is 19.2 Å². The Morgan fingerprint density at radius 1 is 0.731 bits per heavy atom. The second-order valence-corrected chi connectivity index (χ2v) is 13.6. The number of unbranched alkanes of at least 4 members (excludes halogenated alkanes) is 4. The maximum absolute atomic E-state index is 12.3. The Morgan fingerprint density at radius 3 is 1.71 bits per heavy atom. The third kappa shape index (κ3) is 19.6. The van der Waals surface area contributed by atoms with Gasteiger partial charge in [-0.2, -0.15) is 0 Å². The Balaban J connectivity index is 0.000000361. The minimum atomic E-state index is -0.783. The number of aliphatic hydroxyl groups excluding tert-OH is 2. The molecule has 2 aliphatic heterocycles. The smallest absolute Gasteiger partial charge is 0.303 e. The summed E-state index contributed by atoms with van der Waals surface area (Å²) in [5.41, 5.74) is 1.08. The largest absolute Gasteiger partial charge is 0.481 e. The Bertz CT molecular complexity index is 1310. The zero-order valence-electron chi connectivity index (χ0n) is 31.1. The van der Waals surface area contributed by atoms with Gasteiger partial charge in [-0.05, 0) is 63.4 Å². The Kier molecular flexibility index (Phi) is 22.7. The van der Waals surface area contributed by atoms with Crippen molar-refractivity contribution in [3.63, 3.8) is 0 Å². The lowest BCUT2D eigenvalue weighted by Crippen LogP contribution is -2.42. The third-order valence-electron chi connectivity index (χ3n) is 9.18. The molecule has 1 aromatic carbocycles. The zero-order valence-corrected chi connectivity index (χ0v) is 31.1. The number of aliphatic carboxylic acids is 2. The highest BCUT2D eigenvalue weighted by Gasteiger charge is 2.26. The Hall–Kier alpha value is -4.02. The molecular weight excluding hydrogens is 660 g/mol. The number of allylic oxidation sites excluding steroid dienone is 2. The van der Waals surface area contributed by atoms with Gasteiger partial charge in [0.25, 0.3) is 0 Å². The molecule has 2 saturated heterocycles. The molecule has 4 N–H and O–H groups in total. The molecule has 0 spiro atoms. The SMILES string of the molecule is CCCCCC(O)C=C[C@H]1CCCC(=O)N1CC=CCCCC(=O)O.O=C(O)CCCC=CCN1C(=O)CCC[C@@H]1C=CC(O)Cc1ccccc1. The van der Waals surface area contributed by atoms with Crippen LogP contribution in [0.25, 0.3) is 0 Å². The van der Waals surface area contributed by atoms with E-state index in [2.05, 4.69) is 6.92 Å². The van der Waals surface area contributed by atoms with Crippen LogP contribution < -0.4 is 0 Å². The molecule has 0 radical (unpaired) electrons. The van der Waals surface area contributed by atoms with Crippen LogP contribution in [0, 0.1) is 0 Å². The van der Waals surface area contributed by atoms with Gasteiger partial charge < -0.3 is 30.2 Å². The number of nitrogens with zero attached hydrogens (tertiary/aromatic N) is 2. The molecule has 2 unspecified atom stereocenters. The summed E-state index contributed by atoms with van der Waals surface area (Å²) in [7, 11) is 0. The van der Waals surface area contributed by atoms with Gasteiger partial charge in [0.1, 0.15) is 0 Å². The van der Waals surface area contributed by atoms with E-state index in [0.29, 0.717) is 58.0 Å². The van der Waals surface area contributed by atoms with Crippen molar-refractivity contribution in [3.8, 4) is 0 Å². The van der Waals surface area contributed by atoms with E-state index in [1.807, 2.05) is 82.7 Å². The van der Waals surface area contributed by atoms with Crippen molar-refractivity contribution in [1.29, 1.82) is 0 Å². The summed E-state index contributed by atoms with van der Waals surface area (Å²) in [5, 5.41) is 37.5. The van der Waals surface area contributed by atoms with E-state index in [-0.39, 0.29) is 36.7 Å². The number of hydrogen-bond acceptors (Lipinski definition) is 6. The predicted molar refractivity (Wildman–Crippen MR) is 205 cm³/mol. The molecule has 0 aromatic heterocycles. The van der Waals surface area contributed by atoms with E-state index in [1.165, 1.54) is 0 Å². The van der Waals surface area contributed by atoms with Crippen LogP contribution in [0.2, 0.25) is 0 Å². The monoisotopic (exact) mass is 722 g/mol. The summed E-state index contributed by atoms with van der Waals surface area (Å²) in [4.78, 5) is 49.1. The normalized spacial score (nSPS) is 19.4. The maximum Gasteiger partial charge on any atom is 0.303 e. The van der Waals surface area contributed by atoms with E-state index in [9.17, 15) is 29.4 Å². The first kappa shape index (κ1) is 44.1. The predicted octanol–water partition coefficient (Wildman–Crippen LogP) is 7.01. The van der Waals surface area contributed by atoms with Gasteiger partial charge in [-0.1, -0.05) is 105 Å². The molecular formula is C42H62N2O8. The first-order valence-electron chi connectivity index (χ1n) is 19.2. The molecule has 0 aliphatic carbocycles. The number of hydrogen-bond donors (Lipinski definition) is 4. The van der Waals surface area contributed by atoms with Crippen LogP contribution in [-0.2, 0) is 25.6 Å². The number of carboxylic acids is 2. The lowest BCUT2D eigenvalue weighted by Gasteiger charge is -2.33. The highest BCUT2D eigenvalue weighted by molar-refractivity contribution is 5.78. The summed E-state index contributed by atoms with van der Waals surface area (Å²) in [6.45, 7) is 3.21. The summed E-state index contributed by atoms with van der Waals surface area (Å²) >= 11 is 0. The topological polar surface area (TPSA) is 156 Å². The van der Waals surface area contributed by atoms with Gasteiger partial charge in [0.15, 0.2) is 0 Å². The molecule has 4 atom stereocenters. The van der Waals surface area contributed by atoms with Crippen LogP contribution >= 0.6 is 0 Å². The number of amides is 2. The van der Waals surface area contributed by atoms with Crippen LogP contribution in [0.3, 0.4) is 0 Å². The molecule has 0 bridgehead atoms. The van der Waals surface area contributed by atoms with Crippen molar-refractivity contribution < 1.29 is 39.6 Å². The van der Waals surface area contributed by atoms with Gasteiger partial charge in [-0.15, -0.1) is 0 Å². The van der Waals surface area contributed by atoms with Crippen molar-refractivity contribution in [2.75, 3.05) is 13.1 Å². The fourth-order valence-corrected chi connectivity index (χ4v) is 6.26. The molecule has 2 heterocycles. The molecule has 10 heteroatoms. The molecule has 2 amide bonds. The van der Waals surface area contributed by atoms with Crippen molar-refractivity contribution in [3.05, 3.63) is 84.5 Å². The van der Waals surface area contributed by atoms with E-state index < -0.39 is 24.1 Å². The van der Waals surface area contributed by atoms with Crippen LogP contribution in [0.1, 0.15) is 115 Å². The Labute approximate surface area is 310 Å². The van der Waals surface area contributed by atoms with Gasteiger partial charge in [0.05, 0.1) is 24.3 Å². The molecule has 1 aromatic rings. The first-order valence-corrected chi connectivity index (χ1v) is 19.2. The highest BCUT2D eigenvalue weighted by atomic mass is 16.4. The quantitative estimate of drug-likeness (QED) is 0.0736. The van der Waals surface area contributed by atoms with Crippen molar-refractivity contribution >= 4 is 23.8 Å². The molecule has 52 heavy (non-hydrogen) atoms. The summed E-state index contributed by atoms with van der Waals surface area (Å²) < 4.78 is 0. The molecule has 288 valence electrons. The van der Waals surface area contributed by atoms with Crippen LogP contribution in [0.5, 0.6) is 0 Å². The fraction of sp³-hybridized carbons (Fsp3) is 0.571. The lowest BCUT2D eigenvalue weighted by molar-refractivity contribution is -0.138. The molecule has 10 nitrogen and oxygen atoms in total. The van der Waals surface area contributed by atoms with Gasteiger partial charge in [0.2, 0.25) is 11.8 Å². The second kappa shape index (κ2) is 26.7. The molecule has 0 saturated carbocycles. The number of piperidine rings is 2. The second-order valence-electron chi connectivity index (χ2n) is 13.6. The van der Waals surface area contributed by atoms with Gasteiger partial charge in [0, 0.05) is 45.2 Å². The number of rotatable bonds is 22. The zero-order chi connectivity index (χ0) is 38.0. The minimum Gasteiger partial charge on any atom is -0.481 e. The van der Waals surface area contributed by atoms with Crippen molar-refractivity contribution in [1.82, 2.24) is 9.80 Å². The highest BCUT2D eigenvalue weighted by Crippen LogP contribution is 2.21. The van der Waals surface area contributed by atoms with Gasteiger partial charge >= 0.3 is 11.9 Å². The molecule has 3 rings (SSSR count). The number of likely N-dealkylation sites (tertiary alicyclic amines) is 2. The van der Waals surface area contributed by atoms with Crippen LogP contribution in [-0.4, -0.2) is 91.4 Å². The molecule has 2 aliphatic rings. The first-order chi connectivity index (χ1) is 25.1. The summed E-state index contributed by atoms with van der Waals surface area (Å²) in [6.07, 6.45) is 26.6. The molecule has 2 fully saturated rings. The average Bonchev–Trinajstić information content (AvgIpc) is 3.11. The summed E-state index contributed by atoms with van der Waals surface area (Å²) in [6, 6.07) is 9.88. The maximum atomic E-state index is 12.3. The Morgan fingerprint density at radius 2 is 1.23 bits per heavy atom. The van der Waals surface area contributed by atoms with Crippen LogP contribution in [0.15, 0.2) is 78.9 Å². The van der Waals surface area contributed by atoms with E-state index in [0.717, 1.165) is 56.9 Å². The standard InChI is InChI=1S/C22H29NO4.C20H33NO4/c24-20(17-18-9-4-3-5-10-18)15-14-19-11-8-12-21(25)23(19)16-7-2-1-6-13-22(26)27;1-2-3-6-11-18(22)15-14-17-10-9-12-19(23)21(17)16-8-5-4-7-13-20(24)25/h2-5,7,9-10,14-15,19-20,24H,1,6,8,11-13,16-17H2,(H,26,27);5,8,14-15,17-18,22H,2-4,6-7,9-13,16H2,1H3,(H,24,25)/t19-,20?;17-,18?/m11/s1. The number of carbonyl (C=O) groups excluding carboxylic acids is 2. The fourth-order valence-electron chi connectivity index (χ4n) is 6.26. The third-order valence-corrected chi connectivity index (χ3v) is 9.18. The number of carbonyl (C=O) groups is 4. The average molecular weight is 723 g/mol. The van der Waals surface area contributed by atoms with E-state index in [1.54, 1.807) is 6.08 Å². The van der Waals surface area contributed by atoms with E-state index in [4.69, 9.17) is 10.2 Å². The van der Waals surface area contributed by atoms with E-state index >= 15 is 0 Å². The van der Waals surface area contributed by atoms with Crippen LogP contribution in [0.4, 0.5) is 0 Å². The minimum absolute atomic E-state index is 0.000318. The van der Waals surface area contributed by atoms with Gasteiger partial charge in [-0.25, -0.2) is 0 Å². The number of benzene rings is 1. The van der Waals surface area contributed by atoms with Crippen molar-refractivity contribution in [2.45, 2.75) is 140 Å². The van der Waals surface area contributed by atoms with Crippen molar-refractivity contribution in [2.24, 2.45) is 0 Å². The number of carboxylic acid groups (broad SMARTS) is 2. The lowest BCUT2D eigenvalue weighted by atomic mass is 9.99. The number of aliphatic hydroxyl groups is 2. The summed E-state index contributed by atoms with van der Waals surface area (Å²) in [5.74, 6) is -1.28.